The van der Waals surface area contributed by atoms with Crippen molar-refractivity contribution in [2.75, 3.05) is 20.6 Å². The average Bonchev–Trinajstić information content (AvgIpc) is 3.30. The summed E-state index contributed by atoms with van der Waals surface area (Å²) in [5, 5.41) is 7.65. The lowest BCUT2D eigenvalue weighted by atomic mass is 10.0. The molecule has 0 bridgehead atoms. The number of aromatic nitrogens is 3. The third kappa shape index (κ3) is 3.56. The minimum atomic E-state index is -0.880. The zero-order chi connectivity index (χ0) is 21.6. The van der Waals surface area contributed by atoms with E-state index in [2.05, 4.69) is 25.3 Å². The number of H-pyrrole nitrogens is 1. The van der Waals surface area contributed by atoms with Crippen LogP contribution in [0.4, 0.5) is 4.79 Å². The maximum atomic E-state index is 12.5. The Balaban J connectivity index is 1.73. The molecule has 1 fully saturated rings. The Bertz CT molecular complexity index is 1130. The molecule has 1 saturated heterocycles. The third-order valence-electron chi connectivity index (χ3n) is 5.31. The molecule has 3 amide bonds. The number of nitrogens with zero attached hydrogens (tertiary/aromatic N) is 4. The highest BCUT2D eigenvalue weighted by atomic mass is 16.5. The van der Waals surface area contributed by atoms with E-state index in [0.29, 0.717) is 11.7 Å². The van der Waals surface area contributed by atoms with Crippen LogP contribution in [0.15, 0.2) is 22.7 Å². The number of amides is 3. The number of aryl methyl sites for hydroxylation is 1. The lowest BCUT2D eigenvalue weighted by Crippen LogP contribution is -2.40. The first-order valence-corrected chi connectivity index (χ1v) is 9.89. The maximum Gasteiger partial charge on any atom is 0.325 e. The first-order chi connectivity index (χ1) is 14.2. The molecule has 1 aliphatic rings. The molecular formula is C21H26N6O3. The van der Waals surface area contributed by atoms with Crippen molar-refractivity contribution in [2.45, 2.75) is 39.3 Å². The zero-order valence-corrected chi connectivity index (χ0v) is 17.9. The van der Waals surface area contributed by atoms with Crippen molar-refractivity contribution in [2.24, 2.45) is 0 Å². The number of fused-ring (bicyclic) bond motifs is 1. The standard InChI is InChI=1S/C21H26N6O3/c1-12-22-18(30-25-12)17-14(8-9-26(4)5)15-10-13(6-7-16(15)23-17)11-27-19(28)21(2,3)24-20(27)29/h6-7,10,23H,8-9,11H2,1-5H3,(H,24,29). The van der Waals surface area contributed by atoms with E-state index in [-0.39, 0.29) is 18.5 Å². The number of hydrogen-bond acceptors (Lipinski definition) is 6. The number of benzene rings is 1. The molecule has 9 heteroatoms. The number of nitrogens with one attached hydrogen (secondary N) is 2. The molecule has 0 saturated carbocycles. The van der Waals surface area contributed by atoms with Crippen molar-refractivity contribution in [3.05, 3.63) is 35.2 Å². The number of urea groups is 1. The first kappa shape index (κ1) is 20.1. The maximum absolute atomic E-state index is 12.5. The van der Waals surface area contributed by atoms with E-state index >= 15 is 0 Å². The van der Waals surface area contributed by atoms with E-state index < -0.39 is 5.54 Å². The Kier molecular flexibility index (Phi) is 4.85. The second kappa shape index (κ2) is 7.24. The van der Waals surface area contributed by atoms with Crippen LogP contribution in [0, 0.1) is 6.92 Å². The Hall–Kier alpha value is -3.20. The van der Waals surface area contributed by atoms with Crippen molar-refractivity contribution in [3.63, 3.8) is 0 Å². The molecule has 0 spiro atoms. The molecule has 1 aromatic carbocycles. The zero-order valence-electron chi connectivity index (χ0n) is 17.9. The van der Waals surface area contributed by atoms with Crippen LogP contribution in [0.3, 0.4) is 0 Å². The van der Waals surface area contributed by atoms with Gasteiger partial charge < -0.3 is 19.7 Å². The van der Waals surface area contributed by atoms with Crippen molar-refractivity contribution in [1.29, 1.82) is 0 Å². The molecule has 2 N–H and O–H groups in total. The number of imide groups is 1. The van der Waals surface area contributed by atoms with E-state index in [9.17, 15) is 9.59 Å². The molecule has 3 aromatic rings. The van der Waals surface area contributed by atoms with Gasteiger partial charge >= 0.3 is 6.03 Å². The Morgan fingerprint density at radius 2 is 2.00 bits per heavy atom. The van der Waals surface area contributed by atoms with Gasteiger partial charge in [-0.2, -0.15) is 4.98 Å². The number of hydrogen-bond donors (Lipinski definition) is 2. The van der Waals surface area contributed by atoms with Crippen molar-refractivity contribution in [3.8, 4) is 11.6 Å². The second-order valence-corrected chi connectivity index (χ2v) is 8.50. The highest BCUT2D eigenvalue weighted by molar-refractivity contribution is 6.06. The van der Waals surface area contributed by atoms with Crippen LogP contribution in [0.5, 0.6) is 0 Å². The molecular weight excluding hydrogens is 384 g/mol. The molecule has 0 aliphatic carbocycles. The van der Waals surface area contributed by atoms with Crippen LogP contribution in [0.1, 0.15) is 30.8 Å². The molecule has 0 radical (unpaired) electrons. The van der Waals surface area contributed by atoms with Crippen LogP contribution in [-0.2, 0) is 17.8 Å². The summed E-state index contributed by atoms with van der Waals surface area (Å²) in [4.78, 5) is 35.9. The molecule has 0 atom stereocenters. The molecule has 3 heterocycles. The Morgan fingerprint density at radius 1 is 1.23 bits per heavy atom. The van der Waals surface area contributed by atoms with E-state index in [1.165, 1.54) is 4.90 Å². The SMILES string of the molecule is Cc1noc(-c2[nH]c3ccc(CN4C(=O)NC(C)(C)C4=O)cc3c2CCN(C)C)n1. The van der Waals surface area contributed by atoms with Gasteiger partial charge in [-0.05, 0) is 64.5 Å². The predicted molar refractivity (Wildman–Crippen MR) is 112 cm³/mol. The first-order valence-electron chi connectivity index (χ1n) is 9.89. The fourth-order valence-electron chi connectivity index (χ4n) is 3.71. The van der Waals surface area contributed by atoms with E-state index in [0.717, 1.165) is 40.7 Å². The smallest absolute Gasteiger partial charge is 0.325 e. The minimum Gasteiger partial charge on any atom is -0.350 e. The van der Waals surface area contributed by atoms with Gasteiger partial charge in [0.15, 0.2) is 5.82 Å². The highest BCUT2D eigenvalue weighted by Gasteiger charge is 2.44. The molecule has 158 valence electrons. The van der Waals surface area contributed by atoms with Gasteiger partial charge in [-0.3, -0.25) is 9.69 Å². The summed E-state index contributed by atoms with van der Waals surface area (Å²) in [6.45, 7) is 6.27. The summed E-state index contributed by atoms with van der Waals surface area (Å²) < 4.78 is 5.40. The topological polar surface area (TPSA) is 107 Å². The lowest BCUT2D eigenvalue weighted by molar-refractivity contribution is -0.130. The highest BCUT2D eigenvalue weighted by Crippen LogP contribution is 2.31. The number of likely N-dealkylation sites (N-methyl/N-ethyl adjacent to an activating group) is 1. The normalized spacial score (nSPS) is 16.1. The number of rotatable bonds is 6. The fraction of sp³-hybridized carbons (Fsp3) is 0.429. The van der Waals surface area contributed by atoms with Crippen molar-refractivity contribution >= 4 is 22.8 Å². The van der Waals surface area contributed by atoms with Crippen LogP contribution in [0.2, 0.25) is 0 Å². The second-order valence-electron chi connectivity index (χ2n) is 8.50. The van der Waals surface area contributed by atoms with Crippen molar-refractivity contribution < 1.29 is 14.1 Å². The summed E-state index contributed by atoms with van der Waals surface area (Å²) in [6, 6.07) is 5.54. The van der Waals surface area contributed by atoms with E-state index in [1.807, 2.05) is 32.3 Å². The van der Waals surface area contributed by atoms with E-state index in [1.54, 1.807) is 20.8 Å². The van der Waals surface area contributed by atoms with Gasteiger partial charge in [0, 0.05) is 17.4 Å². The molecule has 30 heavy (non-hydrogen) atoms. The van der Waals surface area contributed by atoms with Crippen LogP contribution < -0.4 is 5.32 Å². The quantitative estimate of drug-likeness (QED) is 0.605. The van der Waals surface area contributed by atoms with Gasteiger partial charge in [-0.15, -0.1) is 0 Å². The lowest BCUT2D eigenvalue weighted by Gasteiger charge is -2.16. The van der Waals surface area contributed by atoms with Gasteiger partial charge in [-0.25, -0.2) is 4.79 Å². The molecule has 0 unspecified atom stereocenters. The molecule has 1 aliphatic heterocycles. The molecule has 2 aromatic heterocycles. The monoisotopic (exact) mass is 410 g/mol. The van der Waals surface area contributed by atoms with Crippen molar-refractivity contribution in [1.82, 2.24) is 30.2 Å². The van der Waals surface area contributed by atoms with Crippen LogP contribution >= 0.6 is 0 Å². The molecule has 4 rings (SSSR count). The van der Waals surface area contributed by atoms with Gasteiger partial charge in [0.05, 0.1) is 6.54 Å². The predicted octanol–water partition coefficient (Wildman–Crippen LogP) is 2.46. The summed E-state index contributed by atoms with van der Waals surface area (Å²) in [5.41, 5.74) is 2.81. The minimum absolute atomic E-state index is 0.220. The van der Waals surface area contributed by atoms with E-state index in [4.69, 9.17) is 4.52 Å². The Morgan fingerprint density at radius 3 is 2.60 bits per heavy atom. The van der Waals surface area contributed by atoms with Gasteiger partial charge in [0.2, 0.25) is 0 Å². The number of aromatic amines is 1. The van der Waals surface area contributed by atoms with Crippen LogP contribution in [-0.4, -0.2) is 63.0 Å². The van der Waals surface area contributed by atoms with Crippen LogP contribution in [0.25, 0.3) is 22.5 Å². The summed E-state index contributed by atoms with van der Waals surface area (Å²) in [7, 11) is 4.05. The Labute approximate surface area is 174 Å². The average molecular weight is 410 g/mol. The molecule has 9 nitrogen and oxygen atoms in total. The third-order valence-corrected chi connectivity index (χ3v) is 5.31. The van der Waals surface area contributed by atoms with Gasteiger partial charge in [0.1, 0.15) is 11.2 Å². The number of carbonyl (C=O) groups excluding carboxylic acids is 2. The summed E-state index contributed by atoms with van der Waals surface area (Å²) in [6.07, 6.45) is 0.781. The summed E-state index contributed by atoms with van der Waals surface area (Å²) >= 11 is 0. The number of carbonyl (C=O) groups is 2. The largest absolute Gasteiger partial charge is 0.350 e. The van der Waals surface area contributed by atoms with Gasteiger partial charge in [0.25, 0.3) is 11.8 Å². The van der Waals surface area contributed by atoms with Gasteiger partial charge in [-0.1, -0.05) is 11.2 Å². The summed E-state index contributed by atoms with van der Waals surface area (Å²) in [5.74, 6) is 0.801. The fourth-order valence-corrected chi connectivity index (χ4v) is 3.71.